The van der Waals surface area contributed by atoms with Gasteiger partial charge in [-0.1, -0.05) is 152 Å². The number of hydrogen-bond donors (Lipinski definition) is 4. The lowest BCUT2D eigenvalue weighted by Gasteiger charge is -2.40. The molecule has 0 spiro atoms. The van der Waals surface area contributed by atoms with Crippen molar-refractivity contribution in [2.45, 2.75) is 88.0 Å². The average molecular weight is 790 g/mol. The first-order valence-electron chi connectivity index (χ1n) is 22.7. The predicted octanol–water partition coefficient (Wildman–Crippen LogP) is 11.2. The Morgan fingerprint density at radius 2 is 1.58 bits per heavy atom. The van der Waals surface area contributed by atoms with Crippen LogP contribution in [-0.2, 0) is 0 Å². The summed E-state index contributed by atoms with van der Waals surface area (Å²) in [5.41, 5.74) is 12.3. The molecular formula is C55H59N5. The smallest absolute Gasteiger partial charge is 0.130 e. The molecule has 0 saturated carbocycles. The molecule has 8 atom stereocenters. The second kappa shape index (κ2) is 17.9. The highest BCUT2D eigenvalue weighted by molar-refractivity contribution is 6.01. The zero-order valence-corrected chi connectivity index (χ0v) is 34.7. The molecule has 2 aromatic carbocycles. The van der Waals surface area contributed by atoms with Gasteiger partial charge in [0.05, 0.1) is 6.17 Å². The summed E-state index contributed by atoms with van der Waals surface area (Å²) in [6, 6.07) is 19.1. The van der Waals surface area contributed by atoms with Gasteiger partial charge < -0.3 is 16.0 Å². The fourth-order valence-corrected chi connectivity index (χ4v) is 10.6. The van der Waals surface area contributed by atoms with Crippen LogP contribution in [0.15, 0.2) is 186 Å². The maximum Gasteiger partial charge on any atom is 0.130 e. The van der Waals surface area contributed by atoms with E-state index in [0.717, 1.165) is 70.2 Å². The third-order valence-corrected chi connectivity index (χ3v) is 13.8. The summed E-state index contributed by atoms with van der Waals surface area (Å²) in [5.74, 6) is 2.73. The molecule has 4 N–H and O–H groups in total. The minimum Gasteiger partial charge on any atom is -0.385 e. The van der Waals surface area contributed by atoms with Crippen LogP contribution in [0, 0.1) is 17.8 Å². The van der Waals surface area contributed by atoms with Gasteiger partial charge in [0, 0.05) is 47.5 Å². The summed E-state index contributed by atoms with van der Waals surface area (Å²) >= 11 is 0. The fourth-order valence-electron chi connectivity index (χ4n) is 10.6. The van der Waals surface area contributed by atoms with Crippen molar-refractivity contribution in [3.63, 3.8) is 0 Å². The van der Waals surface area contributed by atoms with Gasteiger partial charge in [-0.05, 0) is 115 Å². The Hall–Kier alpha value is -5.65. The Balaban J connectivity index is 0.911. The molecule has 3 heterocycles. The minimum atomic E-state index is 0.0128. The molecule has 304 valence electrons. The SMILES string of the molecule is C1=CCNC(C2CC=CC=C2c2cccc(C3C=CCC(C4N=C(C5=CC(c6cccc(C7=C(C8CCC=CN8)CCC=C7)c6)CC=C5)NC(C5C=CC=CC5)N4)C3)c2)=C1. The maximum atomic E-state index is 5.57. The summed E-state index contributed by atoms with van der Waals surface area (Å²) in [6.45, 7) is 0.896. The van der Waals surface area contributed by atoms with Crippen molar-refractivity contribution in [2.24, 2.45) is 22.7 Å². The van der Waals surface area contributed by atoms with Crippen LogP contribution in [0.25, 0.3) is 11.1 Å². The molecule has 10 rings (SSSR count). The Morgan fingerprint density at radius 1 is 0.700 bits per heavy atom. The predicted molar refractivity (Wildman–Crippen MR) is 251 cm³/mol. The van der Waals surface area contributed by atoms with Gasteiger partial charge in [-0.25, -0.2) is 4.99 Å². The van der Waals surface area contributed by atoms with Crippen molar-refractivity contribution >= 4 is 17.0 Å². The number of aliphatic imine (C=N–C) groups is 1. The second-order valence-corrected chi connectivity index (χ2v) is 17.7. The third kappa shape index (κ3) is 8.38. The highest BCUT2D eigenvalue weighted by atomic mass is 15.3. The summed E-state index contributed by atoms with van der Waals surface area (Å²) in [5, 5.41) is 15.3. The van der Waals surface area contributed by atoms with Crippen molar-refractivity contribution in [3.8, 4) is 0 Å². The van der Waals surface area contributed by atoms with Crippen LogP contribution >= 0.6 is 0 Å². The monoisotopic (exact) mass is 789 g/mol. The lowest BCUT2D eigenvalue weighted by Crippen LogP contribution is -2.59. The topological polar surface area (TPSA) is 60.5 Å². The van der Waals surface area contributed by atoms with E-state index in [1.165, 1.54) is 44.7 Å². The lowest BCUT2D eigenvalue weighted by molar-refractivity contribution is 0.249. The van der Waals surface area contributed by atoms with Gasteiger partial charge in [0.1, 0.15) is 12.0 Å². The summed E-state index contributed by atoms with van der Waals surface area (Å²) < 4.78 is 0. The number of benzene rings is 2. The third-order valence-electron chi connectivity index (χ3n) is 13.8. The van der Waals surface area contributed by atoms with E-state index >= 15 is 0 Å². The number of dihydropyridines is 1. The Morgan fingerprint density at radius 3 is 2.45 bits per heavy atom. The normalized spacial score (nSPS) is 30.8. The van der Waals surface area contributed by atoms with Crippen LogP contribution in [0.2, 0.25) is 0 Å². The van der Waals surface area contributed by atoms with Crippen LogP contribution < -0.4 is 21.3 Å². The quantitative estimate of drug-likeness (QED) is 0.191. The van der Waals surface area contributed by atoms with E-state index < -0.39 is 0 Å². The molecule has 3 aliphatic heterocycles. The molecule has 0 saturated heterocycles. The summed E-state index contributed by atoms with van der Waals surface area (Å²) in [7, 11) is 0. The highest BCUT2D eigenvalue weighted by Gasteiger charge is 2.35. The molecule has 8 aliphatic rings. The van der Waals surface area contributed by atoms with Gasteiger partial charge in [0.15, 0.2) is 0 Å². The molecule has 5 heteroatoms. The van der Waals surface area contributed by atoms with Crippen LogP contribution in [-0.4, -0.2) is 30.8 Å². The lowest BCUT2D eigenvalue weighted by atomic mass is 9.78. The van der Waals surface area contributed by atoms with Crippen LogP contribution in [0.4, 0.5) is 0 Å². The second-order valence-electron chi connectivity index (χ2n) is 17.7. The van der Waals surface area contributed by atoms with E-state index in [-0.39, 0.29) is 18.2 Å². The molecule has 5 nitrogen and oxygen atoms in total. The number of hydrogen-bond acceptors (Lipinski definition) is 5. The van der Waals surface area contributed by atoms with Crippen molar-refractivity contribution in [1.29, 1.82) is 0 Å². The van der Waals surface area contributed by atoms with Crippen molar-refractivity contribution in [1.82, 2.24) is 21.3 Å². The number of allylic oxidation sites excluding steroid dienone is 17. The first kappa shape index (κ1) is 38.5. The van der Waals surface area contributed by atoms with Gasteiger partial charge >= 0.3 is 0 Å². The zero-order chi connectivity index (χ0) is 40.1. The van der Waals surface area contributed by atoms with Crippen molar-refractivity contribution in [3.05, 3.63) is 203 Å². The molecule has 2 aromatic rings. The number of rotatable bonds is 9. The fraction of sp³-hybridized carbons (Fsp3) is 0.327. The number of nitrogens with zero attached hydrogens (tertiary/aromatic N) is 1. The Labute approximate surface area is 357 Å². The number of nitrogens with one attached hydrogen (secondary N) is 4. The molecule has 60 heavy (non-hydrogen) atoms. The maximum absolute atomic E-state index is 5.57. The van der Waals surface area contributed by atoms with Crippen molar-refractivity contribution < 1.29 is 0 Å². The largest absolute Gasteiger partial charge is 0.385 e. The molecule has 0 fully saturated rings. The molecule has 5 aliphatic carbocycles. The van der Waals surface area contributed by atoms with E-state index in [9.17, 15) is 0 Å². The highest BCUT2D eigenvalue weighted by Crippen LogP contribution is 2.40. The summed E-state index contributed by atoms with van der Waals surface area (Å²) in [6.07, 6.45) is 53.4. The van der Waals surface area contributed by atoms with Gasteiger partial charge in [0.25, 0.3) is 0 Å². The van der Waals surface area contributed by atoms with Crippen LogP contribution in [0.5, 0.6) is 0 Å². The molecule has 8 unspecified atom stereocenters. The Bertz CT molecular complexity index is 2350. The van der Waals surface area contributed by atoms with Gasteiger partial charge in [-0.15, -0.1) is 0 Å². The van der Waals surface area contributed by atoms with Gasteiger partial charge in [-0.2, -0.15) is 0 Å². The molecule has 0 bridgehead atoms. The molecular weight excluding hydrogens is 731 g/mol. The average Bonchev–Trinajstić information content (AvgIpc) is 3.35. The molecule has 0 radical (unpaired) electrons. The van der Waals surface area contributed by atoms with E-state index in [1.807, 2.05) is 0 Å². The van der Waals surface area contributed by atoms with Gasteiger partial charge in [0.2, 0.25) is 0 Å². The van der Waals surface area contributed by atoms with E-state index in [4.69, 9.17) is 4.99 Å². The van der Waals surface area contributed by atoms with E-state index in [2.05, 4.69) is 185 Å². The standard InChI is InChI=1S/C55H59N5/c1-2-16-38(17-3-1)53-58-54(45-24-14-20-41(36-45)39-18-12-22-43(34-39)47-26-4-6-28-49(47)51-30-8-10-32-56-51)60-55(59-53)46-25-15-21-42(37-46)40-19-13-23-44(35-40)48-27-5-7-29-50(48)52-31-9-11-33-57-52/h1-6,8,10-16,18-20,22-23,25-27,30,33-35,37-38,41-42,45,49,52-54,56-58H,7,9,17,21,24,28-29,31-32,36H2,(H,59,60). The first-order chi connectivity index (χ1) is 29.7. The minimum absolute atomic E-state index is 0.0128. The van der Waals surface area contributed by atoms with E-state index in [0.29, 0.717) is 29.7 Å². The van der Waals surface area contributed by atoms with E-state index in [1.54, 1.807) is 5.57 Å². The molecule has 0 amide bonds. The number of amidine groups is 1. The first-order valence-corrected chi connectivity index (χ1v) is 22.7. The summed E-state index contributed by atoms with van der Waals surface area (Å²) in [4.78, 5) is 5.57. The zero-order valence-electron chi connectivity index (χ0n) is 34.7. The van der Waals surface area contributed by atoms with Crippen molar-refractivity contribution in [2.75, 3.05) is 6.54 Å². The van der Waals surface area contributed by atoms with Crippen LogP contribution in [0.1, 0.15) is 91.9 Å². The Kier molecular flexibility index (Phi) is 11.5. The molecule has 0 aromatic heterocycles. The van der Waals surface area contributed by atoms with Gasteiger partial charge in [-0.3, -0.25) is 5.32 Å². The van der Waals surface area contributed by atoms with Crippen LogP contribution in [0.3, 0.4) is 0 Å².